The summed E-state index contributed by atoms with van der Waals surface area (Å²) < 4.78 is 5.61. The zero-order chi connectivity index (χ0) is 27.4. The predicted octanol–water partition coefficient (Wildman–Crippen LogP) is 5.45. The third-order valence-corrected chi connectivity index (χ3v) is 8.75. The highest BCUT2D eigenvalue weighted by molar-refractivity contribution is 5.85. The number of unbranched alkanes of at least 4 members (excludes halogenated alkanes) is 2. The van der Waals surface area contributed by atoms with Crippen molar-refractivity contribution in [2.45, 2.75) is 70.8 Å². The van der Waals surface area contributed by atoms with Crippen LogP contribution in [0.4, 0.5) is 0 Å². The number of ketones is 1. The van der Waals surface area contributed by atoms with E-state index in [2.05, 4.69) is 33.3 Å². The van der Waals surface area contributed by atoms with Crippen LogP contribution < -0.4 is 10.1 Å². The molecule has 5 rings (SSSR count). The number of para-hydroxylation sites is 1. The molecule has 1 aliphatic heterocycles. The molecule has 1 amide bonds. The number of rotatable bonds is 12. The summed E-state index contributed by atoms with van der Waals surface area (Å²) in [5.74, 6) is 1.83. The number of imidazole rings is 1. The molecule has 1 spiro atoms. The van der Waals surface area contributed by atoms with E-state index in [4.69, 9.17) is 9.72 Å². The number of carbonyl (C=O) groups excluding carboxylic acids is 2. The monoisotopic (exact) mass is 531 g/mol. The molecule has 2 atom stereocenters. The van der Waals surface area contributed by atoms with Gasteiger partial charge in [0.1, 0.15) is 11.6 Å². The molecule has 1 unspecified atom stereocenters. The number of nitrogens with zero attached hydrogens (tertiary/aromatic N) is 3. The summed E-state index contributed by atoms with van der Waals surface area (Å²) in [7, 11) is 3.78. The molecule has 0 bridgehead atoms. The third-order valence-electron chi connectivity index (χ3n) is 8.75. The Bertz CT molecular complexity index is 1310. The van der Waals surface area contributed by atoms with Gasteiger partial charge >= 0.3 is 0 Å². The van der Waals surface area contributed by atoms with E-state index in [0.717, 1.165) is 86.0 Å². The van der Waals surface area contributed by atoms with E-state index in [9.17, 15) is 9.59 Å². The smallest absolute Gasteiger partial charge is 0.224 e. The number of ether oxygens (including phenoxy) is 1. The van der Waals surface area contributed by atoms with Gasteiger partial charge in [-0.05, 0) is 69.8 Å². The van der Waals surface area contributed by atoms with Crippen LogP contribution in [0.25, 0.3) is 22.2 Å². The number of hydrogen-bond acceptors (Lipinski definition) is 6. The number of hydrogen-bond donors (Lipinski definition) is 2. The van der Waals surface area contributed by atoms with Crippen LogP contribution in [0.3, 0.4) is 0 Å². The van der Waals surface area contributed by atoms with Gasteiger partial charge in [-0.1, -0.05) is 38.0 Å². The molecule has 1 saturated heterocycles. The summed E-state index contributed by atoms with van der Waals surface area (Å²) >= 11 is 0. The molecule has 8 nitrogen and oxygen atoms in total. The summed E-state index contributed by atoms with van der Waals surface area (Å²) in [5, 5.41) is 4.37. The fourth-order valence-electron chi connectivity index (χ4n) is 6.01. The van der Waals surface area contributed by atoms with E-state index in [0.29, 0.717) is 24.5 Å². The average Bonchev–Trinajstić information content (AvgIpc) is 3.44. The van der Waals surface area contributed by atoms with Crippen molar-refractivity contribution in [3.05, 3.63) is 42.4 Å². The van der Waals surface area contributed by atoms with E-state index in [1.165, 1.54) is 0 Å². The lowest BCUT2D eigenvalue weighted by Gasteiger charge is -2.30. The number of methoxy groups -OCH3 is 1. The number of fused-ring (bicyclic) bond motifs is 1. The van der Waals surface area contributed by atoms with Crippen molar-refractivity contribution in [2.75, 3.05) is 27.2 Å². The fraction of sp³-hybridized carbons (Fsp3) is 0.548. The maximum Gasteiger partial charge on any atom is 0.224 e. The Morgan fingerprint density at radius 3 is 2.77 bits per heavy atom. The van der Waals surface area contributed by atoms with Crippen molar-refractivity contribution in [1.29, 1.82) is 0 Å². The topological polar surface area (TPSA) is 100 Å². The molecule has 3 aromatic rings. The number of aromatic amines is 1. The highest BCUT2D eigenvalue weighted by Gasteiger charge is 2.58. The second kappa shape index (κ2) is 11.9. The van der Waals surface area contributed by atoms with Crippen LogP contribution in [0, 0.1) is 11.3 Å². The zero-order valence-corrected chi connectivity index (χ0v) is 23.5. The normalized spacial score (nSPS) is 19.2. The number of likely N-dealkylation sites (tertiary alicyclic amines) is 1. The number of carbonyl (C=O) groups is 2. The quantitative estimate of drug-likeness (QED) is 0.301. The maximum atomic E-state index is 13.4. The Labute approximate surface area is 230 Å². The van der Waals surface area contributed by atoms with Crippen LogP contribution in [0.2, 0.25) is 0 Å². The molecule has 39 heavy (non-hydrogen) atoms. The molecule has 2 fully saturated rings. The lowest BCUT2D eigenvalue weighted by Crippen LogP contribution is -2.36. The van der Waals surface area contributed by atoms with Crippen LogP contribution in [-0.4, -0.2) is 58.8 Å². The van der Waals surface area contributed by atoms with Gasteiger partial charge in [0.2, 0.25) is 11.8 Å². The fourth-order valence-corrected chi connectivity index (χ4v) is 6.01. The highest BCUT2D eigenvalue weighted by Crippen LogP contribution is 2.59. The van der Waals surface area contributed by atoms with Gasteiger partial charge in [0, 0.05) is 24.1 Å². The number of aromatic nitrogens is 3. The number of piperidine rings is 1. The molecule has 208 valence electrons. The minimum absolute atomic E-state index is 0.0927. The summed E-state index contributed by atoms with van der Waals surface area (Å²) in [4.78, 5) is 40.4. The summed E-state index contributed by atoms with van der Waals surface area (Å²) in [6.45, 7) is 4.04. The van der Waals surface area contributed by atoms with Crippen molar-refractivity contribution < 1.29 is 14.3 Å². The minimum atomic E-state index is -0.212. The molecule has 2 aliphatic rings. The van der Waals surface area contributed by atoms with E-state index in [1.54, 1.807) is 13.3 Å². The van der Waals surface area contributed by atoms with E-state index >= 15 is 0 Å². The van der Waals surface area contributed by atoms with Gasteiger partial charge in [0.05, 0.1) is 36.1 Å². The predicted molar refractivity (Wildman–Crippen MR) is 152 cm³/mol. The Morgan fingerprint density at radius 1 is 1.21 bits per heavy atom. The van der Waals surface area contributed by atoms with E-state index < -0.39 is 0 Å². The Balaban J connectivity index is 1.32. The van der Waals surface area contributed by atoms with Gasteiger partial charge in [0.25, 0.3) is 0 Å². The van der Waals surface area contributed by atoms with E-state index in [-0.39, 0.29) is 23.3 Å². The first-order chi connectivity index (χ1) is 18.9. The van der Waals surface area contributed by atoms with Crippen LogP contribution in [-0.2, 0) is 9.59 Å². The second-order valence-electron chi connectivity index (χ2n) is 11.4. The van der Waals surface area contributed by atoms with Crippen LogP contribution in [0.5, 0.6) is 5.88 Å². The van der Waals surface area contributed by atoms with Gasteiger partial charge < -0.3 is 19.9 Å². The first kappa shape index (κ1) is 27.3. The van der Waals surface area contributed by atoms with Crippen LogP contribution in [0.1, 0.15) is 76.6 Å². The van der Waals surface area contributed by atoms with Crippen molar-refractivity contribution in [1.82, 2.24) is 25.2 Å². The second-order valence-corrected chi connectivity index (χ2v) is 11.4. The summed E-state index contributed by atoms with van der Waals surface area (Å²) in [6, 6.07) is 9.80. The van der Waals surface area contributed by atoms with Crippen molar-refractivity contribution >= 4 is 22.6 Å². The molecule has 1 saturated carbocycles. The van der Waals surface area contributed by atoms with Crippen molar-refractivity contribution in [2.24, 2.45) is 11.3 Å². The van der Waals surface area contributed by atoms with Gasteiger partial charge in [0.15, 0.2) is 0 Å². The molecule has 1 aromatic carbocycles. The summed E-state index contributed by atoms with van der Waals surface area (Å²) in [5.41, 5.74) is 2.70. The first-order valence-electron chi connectivity index (χ1n) is 14.4. The minimum Gasteiger partial charge on any atom is -0.480 e. The number of Topliss-reactive ketones (excluding diaryl/α,β-unsaturated/α-hetero) is 1. The number of H-pyrrole nitrogens is 1. The Kier molecular flexibility index (Phi) is 8.31. The molecule has 0 radical (unpaired) electrons. The van der Waals surface area contributed by atoms with Crippen molar-refractivity contribution in [3.63, 3.8) is 0 Å². The zero-order valence-electron chi connectivity index (χ0n) is 23.5. The van der Waals surface area contributed by atoms with Gasteiger partial charge in [-0.3, -0.25) is 9.59 Å². The van der Waals surface area contributed by atoms with Crippen LogP contribution in [0.15, 0.2) is 36.5 Å². The standard InChI is InChI=1S/C31H41N5O3/c1-4-22(37)11-6-5-7-13-26(34-29(38)24-19-31(24)14-16-36(2)17-15-31)28-32-20-27(33-28)23-18-21-10-8-9-12-25(21)35-30(23)39-3/h8-10,12,18,20,24,26H,4-7,11,13-17,19H2,1-3H3,(H,32,33)(H,34,38)/t24-,26?/m0/s1. The SMILES string of the molecule is CCC(=O)CCCCCC(NC(=O)[C@@H]1CC12CCN(C)CC2)c1ncc(-c2cc3ccccc3nc2OC)[nH]1. The molecular formula is C31H41N5O3. The highest BCUT2D eigenvalue weighted by atomic mass is 16.5. The molecule has 2 aromatic heterocycles. The first-order valence-corrected chi connectivity index (χ1v) is 14.4. The summed E-state index contributed by atoms with van der Waals surface area (Å²) in [6.07, 6.45) is 9.73. The average molecular weight is 532 g/mol. The number of pyridine rings is 1. The maximum absolute atomic E-state index is 13.4. The molecular weight excluding hydrogens is 490 g/mol. The molecule has 3 heterocycles. The van der Waals surface area contributed by atoms with Crippen LogP contribution >= 0.6 is 0 Å². The van der Waals surface area contributed by atoms with Gasteiger partial charge in [-0.15, -0.1) is 0 Å². The molecule has 1 aliphatic carbocycles. The largest absolute Gasteiger partial charge is 0.480 e. The number of amides is 1. The number of nitrogens with one attached hydrogen (secondary N) is 2. The molecule has 2 N–H and O–H groups in total. The number of benzene rings is 1. The van der Waals surface area contributed by atoms with E-state index in [1.807, 2.05) is 31.2 Å². The lowest BCUT2D eigenvalue weighted by atomic mass is 9.91. The Morgan fingerprint density at radius 2 is 2.00 bits per heavy atom. The van der Waals surface area contributed by atoms with Crippen molar-refractivity contribution in [3.8, 4) is 17.1 Å². The lowest BCUT2D eigenvalue weighted by molar-refractivity contribution is -0.124. The Hall–Kier alpha value is -3.26. The van der Waals surface area contributed by atoms with Gasteiger partial charge in [-0.25, -0.2) is 9.97 Å². The third kappa shape index (κ3) is 6.16. The molecule has 8 heteroatoms. The van der Waals surface area contributed by atoms with Gasteiger partial charge in [-0.2, -0.15) is 0 Å².